The molecule has 0 spiro atoms. The van der Waals surface area contributed by atoms with Crippen molar-refractivity contribution >= 4 is 31.5 Å². The van der Waals surface area contributed by atoms with Crippen LogP contribution in [0, 0.1) is 0 Å². The number of carbonyl (C=O) groups is 1. The fraction of sp³-hybridized carbons (Fsp3) is 0.588. The molecule has 0 bridgehead atoms. The van der Waals surface area contributed by atoms with Gasteiger partial charge in [0.15, 0.2) is 9.84 Å². The normalized spacial score (nSPS) is 20.4. The van der Waals surface area contributed by atoms with E-state index in [1.165, 1.54) is 36.5 Å². The van der Waals surface area contributed by atoms with Crippen LogP contribution in [-0.4, -0.2) is 57.7 Å². The number of carbonyl (C=O) groups excluding carboxylic acids is 1. The Kier molecular flexibility index (Phi) is 6.54. The lowest BCUT2D eigenvalue weighted by Gasteiger charge is -2.32. The van der Waals surface area contributed by atoms with Gasteiger partial charge in [0.05, 0.1) is 29.2 Å². The number of benzene rings is 1. The summed E-state index contributed by atoms with van der Waals surface area (Å²) >= 11 is 0. The number of sulfonamides is 1. The van der Waals surface area contributed by atoms with Gasteiger partial charge in [0, 0.05) is 19.0 Å². The minimum absolute atomic E-state index is 0.0140. The highest BCUT2D eigenvalue weighted by Gasteiger charge is 2.41. The van der Waals surface area contributed by atoms with Crippen molar-refractivity contribution in [1.82, 2.24) is 4.31 Å². The first-order valence-corrected chi connectivity index (χ1v) is 12.0. The maximum absolute atomic E-state index is 13.3. The number of amides is 1. The second kappa shape index (κ2) is 8.15. The SMILES string of the molecule is CC[C@@H](C)N([C@@H]1CCS(=O)(=O)C1)S(=O)(=O)c1ccc(OC)c(NC(C)=O)c1. The second-order valence-electron chi connectivity index (χ2n) is 6.69. The number of ether oxygens (including phenoxy) is 1. The van der Waals surface area contributed by atoms with Crippen LogP contribution in [0.2, 0.25) is 0 Å². The van der Waals surface area contributed by atoms with Gasteiger partial charge in [-0.05, 0) is 38.0 Å². The molecule has 2 atom stereocenters. The Bertz CT molecular complexity index is 911. The van der Waals surface area contributed by atoms with Crippen molar-refractivity contribution in [2.24, 2.45) is 0 Å². The summed E-state index contributed by atoms with van der Waals surface area (Å²) < 4.78 is 56.9. The number of sulfone groups is 1. The Morgan fingerprint density at radius 3 is 2.56 bits per heavy atom. The van der Waals surface area contributed by atoms with Gasteiger partial charge in [0.1, 0.15) is 5.75 Å². The van der Waals surface area contributed by atoms with Crippen LogP contribution in [0.5, 0.6) is 5.75 Å². The molecule has 1 aromatic rings. The Morgan fingerprint density at radius 2 is 2.07 bits per heavy atom. The molecule has 1 fully saturated rings. The average Bonchev–Trinajstić information content (AvgIpc) is 2.93. The van der Waals surface area contributed by atoms with E-state index in [2.05, 4.69) is 5.32 Å². The summed E-state index contributed by atoms with van der Waals surface area (Å²) in [5.41, 5.74) is 0.245. The standard InChI is InChI=1S/C17H26N2O6S2/c1-5-12(2)19(14-8-9-26(21,22)11-14)27(23,24)15-6-7-17(25-4)16(10-15)18-13(3)20/h6-7,10,12,14H,5,8-9,11H2,1-4H3,(H,18,20)/t12-,14-/m1/s1. The molecule has 1 saturated heterocycles. The van der Waals surface area contributed by atoms with Gasteiger partial charge in [-0.15, -0.1) is 0 Å². The third-order valence-corrected chi connectivity index (χ3v) is 8.46. The molecule has 1 heterocycles. The van der Waals surface area contributed by atoms with Gasteiger partial charge >= 0.3 is 0 Å². The largest absolute Gasteiger partial charge is 0.495 e. The molecule has 0 aliphatic carbocycles. The van der Waals surface area contributed by atoms with Crippen molar-refractivity contribution in [1.29, 1.82) is 0 Å². The van der Waals surface area contributed by atoms with Gasteiger partial charge in [0.2, 0.25) is 15.9 Å². The Morgan fingerprint density at radius 1 is 1.41 bits per heavy atom. The van der Waals surface area contributed by atoms with E-state index >= 15 is 0 Å². The lowest BCUT2D eigenvalue weighted by atomic mass is 10.2. The molecule has 10 heteroatoms. The van der Waals surface area contributed by atoms with Gasteiger partial charge in [-0.1, -0.05) is 6.92 Å². The highest BCUT2D eigenvalue weighted by molar-refractivity contribution is 7.92. The van der Waals surface area contributed by atoms with Crippen molar-refractivity contribution in [2.45, 2.75) is 50.6 Å². The second-order valence-corrected chi connectivity index (χ2v) is 10.8. The van der Waals surface area contributed by atoms with Gasteiger partial charge in [-0.25, -0.2) is 16.8 Å². The van der Waals surface area contributed by atoms with E-state index in [1.807, 2.05) is 6.92 Å². The van der Waals surface area contributed by atoms with E-state index in [1.54, 1.807) is 6.92 Å². The molecule has 0 unspecified atom stereocenters. The van der Waals surface area contributed by atoms with E-state index in [0.29, 0.717) is 12.2 Å². The fourth-order valence-corrected chi connectivity index (χ4v) is 6.96. The van der Waals surface area contributed by atoms with Crippen LogP contribution in [0.15, 0.2) is 23.1 Å². The number of anilines is 1. The molecule has 1 aliphatic heterocycles. The summed E-state index contributed by atoms with van der Waals surface area (Å²) in [5.74, 6) is -0.211. The maximum atomic E-state index is 13.3. The summed E-state index contributed by atoms with van der Waals surface area (Å²) in [6.07, 6.45) is 0.825. The molecule has 2 rings (SSSR count). The number of nitrogens with zero attached hydrogens (tertiary/aromatic N) is 1. The lowest BCUT2D eigenvalue weighted by Crippen LogP contribution is -2.46. The first-order chi connectivity index (χ1) is 12.5. The smallest absolute Gasteiger partial charge is 0.243 e. The van der Waals surface area contributed by atoms with Crippen LogP contribution >= 0.6 is 0 Å². The number of rotatable bonds is 7. The van der Waals surface area contributed by atoms with E-state index in [-0.39, 0.29) is 40.5 Å². The Balaban J connectivity index is 2.51. The predicted molar refractivity (Wildman–Crippen MR) is 103 cm³/mol. The van der Waals surface area contributed by atoms with Crippen molar-refractivity contribution in [3.63, 3.8) is 0 Å². The van der Waals surface area contributed by atoms with Gasteiger partial charge in [-0.2, -0.15) is 4.31 Å². The number of hydrogen-bond donors (Lipinski definition) is 1. The molecule has 1 aliphatic rings. The van der Waals surface area contributed by atoms with Crippen LogP contribution in [0.1, 0.15) is 33.6 Å². The van der Waals surface area contributed by atoms with E-state index in [4.69, 9.17) is 4.74 Å². The molecule has 0 saturated carbocycles. The summed E-state index contributed by atoms with van der Waals surface area (Å²) in [6.45, 7) is 4.93. The highest BCUT2D eigenvalue weighted by Crippen LogP contribution is 2.32. The maximum Gasteiger partial charge on any atom is 0.243 e. The molecule has 0 aromatic heterocycles. The Labute approximate surface area is 160 Å². The van der Waals surface area contributed by atoms with E-state index in [0.717, 1.165) is 0 Å². The van der Waals surface area contributed by atoms with Gasteiger partial charge in [0.25, 0.3) is 0 Å². The third-order valence-electron chi connectivity index (χ3n) is 4.65. The lowest BCUT2D eigenvalue weighted by molar-refractivity contribution is -0.114. The summed E-state index contributed by atoms with van der Waals surface area (Å²) in [5, 5.41) is 2.56. The molecule has 0 radical (unpaired) electrons. The molecule has 27 heavy (non-hydrogen) atoms. The van der Waals surface area contributed by atoms with Crippen LogP contribution in [0.4, 0.5) is 5.69 Å². The van der Waals surface area contributed by atoms with Crippen molar-refractivity contribution in [2.75, 3.05) is 23.9 Å². The third kappa shape index (κ3) is 4.80. The number of hydrogen-bond acceptors (Lipinski definition) is 6. The van der Waals surface area contributed by atoms with Gasteiger partial charge < -0.3 is 10.1 Å². The highest BCUT2D eigenvalue weighted by atomic mass is 32.2. The molecule has 152 valence electrons. The fourth-order valence-electron chi connectivity index (χ4n) is 3.21. The predicted octanol–water partition coefficient (Wildman–Crippen LogP) is 1.63. The zero-order valence-corrected chi connectivity index (χ0v) is 17.6. The topological polar surface area (TPSA) is 110 Å². The van der Waals surface area contributed by atoms with Crippen LogP contribution in [0.25, 0.3) is 0 Å². The average molecular weight is 419 g/mol. The molecule has 1 amide bonds. The van der Waals surface area contributed by atoms with Crippen LogP contribution < -0.4 is 10.1 Å². The number of methoxy groups -OCH3 is 1. The van der Waals surface area contributed by atoms with Crippen molar-refractivity contribution in [3.05, 3.63) is 18.2 Å². The van der Waals surface area contributed by atoms with E-state index in [9.17, 15) is 21.6 Å². The summed E-state index contributed by atoms with van der Waals surface area (Å²) in [4.78, 5) is 11.4. The first-order valence-electron chi connectivity index (χ1n) is 8.71. The van der Waals surface area contributed by atoms with Crippen LogP contribution in [-0.2, 0) is 24.7 Å². The molecule has 1 aromatic carbocycles. The van der Waals surface area contributed by atoms with Crippen LogP contribution in [0.3, 0.4) is 0 Å². The van der Waals surface area contributed by atoms with Crippen molar-refractivity contribution < 1.29 is 26.4 Å². The zero-order valence-electron chi connectivity index (χ0n) is 15.9. The zero-order chi connectivity index (χ0) is 20.4. The molecular formula is C17H26N2O6S2. The molecule has 8 nitrogen and oxygen atoms in total. The quantitative estimate of drug-likeness (QED) is 0.721. The van der Waals surface area contributed by atoms with Crippen molar-refractivity contribution in [3.8, 4) is 5.75 Å². The van der Waals surface area contributed by atoms with Gasteiger partial charge in [-0.3, -0.25) is 4.79 Å². The monoisotopic (exact) mass is 418 g/mol. The number of nitrogens with one attached hydrogen (secondary N) is 1. The summed E-state index contributed by atoms with van der Waals surface area (Å²) in [6, 6.07) is 3.26. The molecular weight excluding hydrogens is 392 g/mol. The van der Waals surface area contributed by atoms with E-state index < -0.39 is 25.9 Å². The minimum Gasteiger partial charge on any atom is -0.495 e. The first kappa shape index (κ1) is 21.6. The molecule has 1 N–H and O–H groups in total. The summed E-state index contributed by atoms with van der Waals surface area (Å²) in [7, 11) is -5.79. The minimum atomic E-state index is -3.97. The Hall–Kier alpha value is -1.65.